The predicted octanol–water partition coefficient (Wildman–Crippen LogP) is 5.61. The smallest absolute Gasteiger partial charge is 0.258 e. The Bertz CT molecular complexity index is 525. The highest BCUT2D eigenvalue weighted by molar-refractivity contribution is 9.09. The third-order valence-electron chi connectivity index (χ3n) is 3.82. The number of nitro benzene ring substituents is 1. The standard InChI is InChI=1S/C15H17BrClNO2/c16-10-13(11-4-2-1-3-5-11)8-12-9-14(18(19)20)6-7-15(12)17/h6-9,11H,1-5,10H2/b13-8-. The zero-order valence-corrected chi connectivity index (χ0v) is 13.5. The lowest BCUT2D eigenvalue weighted by molar-refractivity contribution is -0.384. The van der Waals surface area contributed by atoms with Crippen molar-refractivity contribution in [2.75, 3.05) is 5.33 Å². The second-order valence-electron chi connectivity index (χ2n) is 5.15. The Kier molecular flexibility index (Phi) is 5.61. The molecule has 0 saturated heterocycles. The molecule has 1 aromatic rings. The molecule has 0 aliphatic heterocycles. The number of hydrogen-bond donors (Lipinski definition) is 0. The van der Waals surface area contributed by atoms with Crippen LogP contribution in [0.3, 0.4) is 0 Å². The Labute approximate surface area is 132 Å². The summed E-state index contributed by atoms with van der Waals surface area (Å²) >= 11 is 9.69. The highest BCUT2D eigenvalue weighted by atomic mass is 79.9. The maximum absolute atomic E-state index is 10.9. The van der Waals surface area contributed by atoms with Gasteiger partial charge in [0.2, 0.25) is 0 Å². The van der Waals surface area contributed by atoms with Gasteiger partial charge in [0.15, 0.2) is 0 Å². The molecule has 108 valence electrons. The highest BCUT2D eigenvalue weighted by Gasteiger charge is 2.18. The third kappa shape index (κ3) is 3.83. The number of halogens is 2. The summed E-state index contributed by atoms with van der Waals surface area (Å²) in [6.07, 6.45) is 8.24. The monoisotopic (exact) mass is 357 g/mol. The molecule has 1 fully saturated rings. The van der Waals surface area contributed by atoms with Crippen LogP contribution in [0.1, 0.15) is 37.7 Å². The summed E-state index contributed by atoms with van der Waals surface area (Å²) in [6.45, 7) is 0. The molecular weight excluding hydrogens is 342 g/mol. The van der Waals surface area contributed by atoms with Crippen molar-refractivity contribution in [2.24, 2.45) is 5.92 Å². The molecule has 0 N–H and O–H groups in total. The summed E-state index contributed by atoms with van der Waals surface area (Å²) < 4.78 is 0. The number of alkyl halides is 1. The molecule has 1 aromatic carbocycles. The summed E-state index contributed by atoms with van der Waals surface area (Å²) in [6, 6.07) is 4.58. The lowest BCUT2D eigenvalue weighted by Crippen LogP contribution is -2.10. The van der Waals surface area contributed by atoms with Crippen molar-refractivity contribution in [3.05, 3.63) is 44.5 Å². The van der Waals surface area contributed by atoms with Gasteiger partial charge in [0.05, 0.1) is 4.92 Å². The fraction of sp³-hybridized carbons (Fsp3) is 0.467. The van der Waals surface area contributed by atoms with Crippen LogP contribution in [0.15, 0.2) is 23.8 Å². The fourth-order valence-corrected chi connectivity index (χ4v) is 3.49. The average molecular weight is 359 g/mol. The van der Waals surface area contributed by atoms with Gasteiger partial charge in [-0.25, -0.2) is 0 Å². The molecule has 0 aromatic heterocycles. The number of benzene rings is 1. The van der Waals surface area contributed by atoms with E-state index in [1.807, 2.05) is 6.08 Å². The van der Waals surface area contributed by atoms with Gasteiger partial charge >= 0.3 is 0 Å². The van der Waals surface area contributed by atoms with E-state index < -0.39 is 0 Å². The second kappa shape index (κ2) is 7.23. The molecule has 2 rings (SSSR count). The number of non-ortho nitro benzene ring substituents is 1. The zero-order valence-electron chi connectivity index (χ0n) is 11.1. The van der Waals surface area contributed by atoms with Crippen LogP contribution >= 0.6 is 27.5 Å². The Hall–Kier alpha value is -0.870. The first-order chi connectivity index (χ1) is 9.61. The molecule has 1 aliphatic rings. The topological polar surface area (TPSA) is 43.1 Å². The average Bonchev–Trinajstić information content (AvgIpc) is 2.47. The van der Waals surface area contributed by atoms with Crippen LogP contribution in [-0.2, 0) is 0 Å². The normalized spacial score (nSPS) is 17.2. The van der Waals surface area contributed by atoms with E-state index in [-0.39, 0.29) is 10.6 Å². The molecule has 0 spiro atoms. The maximum atomic E-state index is 10.9. The van der Waals surface area contributed by atoms with Crippen molar-refractivity contribution >= 4 is 39.3 Å². The molecule has 0 unspecified atom stereocenters. The lowest BCUT2D eigenvalue weighted by atomic mass is 9.84. The van der Waals surface area contributed by atoms with Gasteiger partial charge in [-0.3, -0.25) is 10.1 Å². The summed E-state index contributed by atoms with van der Waals surface area (Å²) in [5, 5.41) is 12.2. The molecular formula is C15H17BrClNO2. The van der Waals surface area contributed by atoms with Gasteiger partial charge in [-0.2, -0.15) is 0 Å². The first-order valence-electron chi connectivity index (χ1n) is 6.82. The van der Waals surface area contributed by atoms with E-state index in [4.69, 9.17) is 11.6 Å². The first kappa shape index (κ1) is 15.5. The van der Waals surface area contributed by atoms with Gasteiger partial charge in [-0.1, -0.05) is 58.4 Å². The van der Waals surface area contributed by atoms with Gasteiger partial charge < -0.3 is 0 Å². The van der Waals surface area contributed by atoms with E-state index in [9.17, 15) is 10.1 Å². The van der Waals surface area contributed by atoms with Gasteiger partial charge in [-0.15, -0.1) is 0 Å². The van der Waals surface area contributed by atoms with Crippen molar-refractivity contribution in [1.82, 2.24) is 0 Å². The van der Waals surface area contributed by atoms with E-state index in [1.54, 1.807) is 12.1 Å². The molecule has 0 amide bonds. The van der Waals surface area contributed by atoms with Crippen LogP contribution in [0.25, 0.3) is 6.08 Å². The molecule has 20 heavy (non-hydrogen) atoms. The number of nitrogens with zero attached hydrogens (tertiary/aromatic N) is 1. The summed E-state index contributed by atoms with van der Waals surface area (Å²) in [4.78, 5) is 10.5. The molecule has 0 atom stereocenters. The summed E-state index contributed by atoms with van der Waals surface area (Å²) in [7, 11) is 0. The third-order valence-corrected chi connectivity index (χ3v) is 4.81. The zero-order chi connectivity index (χ0) is 14.5. The Morgan fingerprint density at radius 3 is 2.70 bits per heavy atom. The number of hydrogen-bond acceptors (Lipinski definition) is 2. The van der Waals surface area contributed by atoms with E-state index in [0.717, 1.165) is 10.9 Å². The SMILES string of the molecule is O=[N+]([O-])c1ccc(Cl)c(/C=C(/CBr)C2CCCCC2)c1. The van der Waals surface area contributed by atoms with E-state index in [0.29, 0.717) is 10.9 Å². The minimum Gasteiger partial charge on any atom is -0.258 e. The first-order valence-corrected chi connectivity index (χ1v) is 8.32. The van der Waals surface area contributed by atoms with E-state index >= 15 is 0 Å². The minimum atomic E-state index is -0.387. The van der Waals surface area contributed by atoms with Crippen LogP contribution in [0.5, 0.6) is 0 Å². The van der Waals surface area contributed by atoms with Crippen molar-refractivity contribution < 1.29 is 4.92 Å². The quantitative estimate of drug-likeness (QED) is 0.399. The van der Waals surface area contributed by atoms with Gasteiger partial charge in [-0.05, 0) is 30.4 Å². The largest absolute Gasteiger partial charge is 0.270 e. The molecule has 5 heteroatoms. The van der Waals surface area contributed by atoms with Gasteiger partial charge in [0.1, 0.15) is 0 Å². The van der Waals surface area contributed by atoms with Crippen LogP contribution in [-0.4, -0.2) is 10.3 Å². The maximum Gasteiger partial charge on any atom is 0.270 e. The van der Waals surface area contributed by atoms with Crippen molar-refractivity contribution in [3.63, 3.8) is 0 Å². The Morgan fingerprint density at radius 1 is 1.40 bits per heavy atom. The van der Waals surface area contributed by atoms with Crippen LogP contribution < -0.4 is 0 Å². The number of rotatable bonds is 4. The molecule has 1 aliphatic carbocycles. The molecule has 0 bridgehead atoms. The van der Waals surface area contributed by atoms with Gasteiger partial charge in [0, 0.05) is 22.5 Å². The molecule has 0 heterocycles. The second-order valence-corrected chi connectivity index (χ2v) is 6.12. The van der Waals surface area contributed by atoms with Crippen molar-refractivity contribution in [2.45, 2.75) is 32.1 Å². The highest BCUT2D eigenvalue weighted by Crippen LogP contribution is 2.33. The molecule has 3 nitrogen and oxygen atoms in total. The van der Waals surface area contributed by atoms with Crippen LogP contribution in [0.4, 0.5) is 5.69 Å². The predicted molar refractivity (Wildman–Crippen MR) is 86.5 cm³/mol. The van der Waals surface area contributed by atoms with Gasteiger partial charge in [0.25, 0.3) is 5.69 Å². The van der Waals surface area contributed by atoms with Crippen molar-refractivity contribution in [3.8, 4) is 0 Å². The Balaban J connectivity index is 2.30. The lowest BCUT2D eigenvalue weighted by Gasteiger charge is -2.23. The van der Waals surface area contributed by atoms with E-state index in [1.165, 1.54) is 43.7 Å². The van der Waals surface area contributed by atoms with Crippen molar-refractivity contribution in [1.29, 1.82) is 0 Å². The number of nitro groups is 1. The summed E-state index contributed by atoms with van der Waals surface area (Å²) in [5.74, 6) is 0.568. The van der Waals surface area contributed by atoms with Crippen LogP contribution in [0.2, 0.25) is 5.02 Å². The molecule has 0 radical (unpaired) electrons. The summed E-state index contributed by atoms with van der Waals surface area (Å²) in [5.41, 5.74) is 2.10. The minimum absolute atomic E-state index is 0.0817. The van der Waals surface area contributed by atoms with Crippen LogP contribution in [0, 0.1) is 16.0 Å². The fourth-order valence-electron chi connectivity index (χ4n) is 2.69. The van der Waals surface area contributed by atoms with E-state index in [2.05, 4.69) is 15.9 Å². The number of allylic oxidation sites excluding steroid dienone is 1. The Morgan fingerprint density at radius 2 is 2.10 bits per heavy atom. The molecule has 1 saturated carbocycles.